The van der Waals surface area contributed by atoms with Gasteiger partial charge in [-0.2, -0.15) is 0 Å². The topological polar surface area (TPSA) is 29.5 Å². The van der Waals surface area contributed by atoms with Gasteiger partial charge in [0.1, 0.15) is 30.7 Å². The molecule has 3 rings (SSSR count). The summed E-state index contributed by atoms with van der Waals surface area (Å²) in [6, 6.07) is 24.7. The summed E-state index contributed by atoms with van der Waals surface area (Å²) in [7, 11) is 0. The van der Waals surface area contributed by atoms with E-state index in [0.717, 1.165) is 28.7 Å². The number of likely N-dealkylation sites (N-methyl/N-ethyl adjacent to an activating group) is 1. The van der Waals surface area contributed by atoms with Gasteiger partial charge in [0.25, 0.3) is 0 Å². The van der Waals surface area contributed by atoms with Crippen LogP contribution in [0.5, 0.6) is 5.75 Å². The number of ether oxygens (including phenoxy) is 1. The molecule has 136 valence electrons. The van der Waals surface area contributed by atoms with Crippen LogP contribution in [-0.2, 0) is 0 Å². The van der Waals surface area contributed by atoms with Gasteiger partial charge in [-0.25, -0.2) is 0 Å². The Hall–Kier alpha value is -2.36. The van der Waals surface area contributed by atoms with Gasteiger partial charge in [-0.05, 0) is 48.9 Å². The van der Waals surface area contributed by atoms with E-state index in [4.69, 9.17) is 4.74 Å². The Morgan fingerprint density at radius 2 is 1.50 bits per heavy atom. The van der Waals surface area contributed by atoms with Crippen LogP contribution < -0.4 is 9.22 Å². The fourth-order valence-electron chi connectivity index (χ4n) is 3.60. The van der Waals surface area contributed by atoms with Crippen molar-refractivity contribution in [3.8, 4) is 5.75 Å². The van der Waals surface area contributed by atoms with Crippen LogP contribution in [0.1, 0.15) is 13.8 Å². The zero-order chi connectivity index (χ0) is 18.4. The molecule has 0 fully saturated rings. The first-order chi connectivity index (χ1) is 12.7. The number of hydrogen-bond donors (Lipinski definition) is 1. The predicted octanol–water partition coefficient (Wildman–Crippen LogP) is 4.63. The third kappa shape index (κ3) is 4.06. The molecule has 1 atom stereocenters. The Bertz CT molecular complexity index is 828. The molecule has 0 radical (unpaired) electrons. The first kappa shape index (κ1) is 18.4. The third-order valence-corrected chi connectivity index (χ3v) is 5.24. The molecular weight excluding hydrogens is 322 g/mol. The first-order valence-corrected chi connectivity index (χ1v) is 9.38. The van der Waals surface area contributed by atoms with Gasteiger partial charge in [0.05, 0.1) is 13.1 Å². The van der Waals surface area contributed by atoms with Gasteiger partial charge in [0.15, 0.2) is 0 Å². The third-order valence-electron chi connectivity index (χ3n) is 5.24. The van der Waals surface area contributed by atoms with Crippen molar-refractivity contribution >= 4 is 16.5 Å². The zero-order valence-corrected chi connectivity index (χ0v) is 15.6. The maximum Gasteiger partial charge on any atom is 0.137 e. The highest BCUT2D eigenvalue weighted by Crippen LogP contribution is 2.24. The highest BCUT2D eigenvalue weighted by atomic mass is 16.5. The van der Waals surface area contributed by atoms with E-state index in [-0.39, 0.29) is 0 Å². The van der Waals surface area contributed by atoms with Crippen molar-refractivity contribution in [1.82, 2.24) is 4.48 Å². The molecule has 3 heteroatoms. The lowest BCUT2D eigenvalue weighted by molar-refractivity contribution is 0.0731. The second kappa shape index (κ2) is 8.35. The van der Waals surface area contributed by atoms with Crippen molar-refractivity contribution in [2.75, 3.05) is 26.2 Å². The number of benzene rings is 3. The summed E-state index contributed by atoms with van der Waals surface area (Å²) in [5.74, 6) is 0.800. The molecule has 0 spiro atoms. The quantitative estimate of drug-likeness (QED) is 0.600. The number of quaternary nitrogens is 1. The highest BCUT2D eigenvalue weighted by molar-refractivity contribution is 5.83. The Morgan fingerprint density at radius 1 is 0.846 bits per heavy atom. The maximum absolute atomic E-state index is 10.6. The largest absolute Gasteiger partial charge is 0.491 e. The van der Waals surface area contributed by atoms with E-state index in [1.165, 1.54) is 11.1 Å². The molecule has 3 nitrogen and oxygen atoms in total. The summed E-state index contributed by atoms with van der Waals surface area (Å²) in [4.78, 5) is 0. The van der Waals surface area contributed by atoms with Crippen molar-refractivity contribution < 1.29 is 9.84 Å². The number of aliphatic hydroxyl groups excluding tert-OH is 1. The van der Waals surface area contributed by atoms with Crippen LogP contribution in [0.3, 0.4) is 0 Å². The Morgan fingerprint density at radius 3 is 2.19 bits per heavy atom. The van der Waals surface area contributed by atoms with E-state index < -0.39 is 6.10 Å². The molecule has 0 aliphatic carbocycles. The van der Waals surface area contributed by atoms with Crippen molar-refractivity contribution in [3.05, 3.63) is 72.8 Å². The summed E-state index contributed by atoms with van der Waals surface area (Å²) in [5, 5.41) is 13.0. The minimum absolute atomic E-state index is 0.297. The first-order valence-electron chi connectivity index (χ1n) is 9.38. The Balaban J connectivity index is 1.67. The zero-order valence-electron chi connectivity index (χ0n) is 15.6. The minimum Gasteiger partial charge on any atom is -0.491 e. The lowest BCUT2D eigenvalue weighted by Crippen LogP contribution is -2.54. The molecule has 0 saturated carbocycles. The minimum atomic E-state index is -0.526. The molecule has 0 amide bonds. The van der Waals surface area contributed by atoms with Crippen molar-refractivity contribution in [3.63, 3.8) is 0 Å². The van der Waals surface area contributed by atoms with Gasteiger partial charge in [-0.3, -0.25) is 4.48 Å². The van der Waals surface area contributed by atoms with Crippen molar-refractivity contribution in [1.29, 1.82) is 0 Å². The normalized spacial score (nSPS) is 12.9. The van der Waals surface area contributed by atoms with Gasteiger partial charge in [-0.1, -0.05) is 48.5 Å². The molecule has 0 saturated heterocycles. The van der Waals surface area contributed by atoms with Crippen molar-refractivity contribution in [2.45, 2.75) is 20.0 Å². The Labute approximate surface area is 156 Å². The molecule has 0 bridgehead atoms. The van der Waals surface area contributed by atoms with Crippen LogP contribution in [0.25, 0.3) is 10.8 Å². The SMILES string of the molecule is CC[N+](CC)(CC(O)COc1ccc2ccccc2c1)c1ccccc1. The molecule has 1 unspecified atom stereocenters. The lowest BCUT2D eigenvalue weighted by atomic mass is 10.1. The van der Waals surface area contributed by atoms with Crippen LogP contribution in [0.15, 0.2) is 72.8 Å². The van der Waals surface area contributed by atoms with Crippen LogP contribution in [0, 0.1) is 0 Å². The van der Waals surface area contributed by atoms with Crippen molar-refractivity contribution in [2.24, 2.45) is 0 Å². The summed E-state index contributed by atoms with van der Waals surface area (Å²) >= 11 is 0. The van der Waals surface area contributed by atoms with E-state index in [2.05, 4.69) is 56.3 Å². The van der Waals surface area contributed by atoms with Gasteiger partial charge in [-0.15, -0.1) is 0 Å². The highest BCUT2D eigenvalue weighted by Gasteiger charge is 2.29. The number of hydrogen-bond acceptors (Lipinski definition) is 2. The average Bonchev–Trinajstić information content (AvgIpc) is 2.71. The fourth-order valence-corrected chi connectivity index (χ4v) is 3.60. The average molecular weight is 350 g/mol. The number of nitrogens with zero attached hydrogens (tertiary/aromatic N) is 1. The number of aliphatic hydroxyl groups is 1. The van der Waals surface area contributed by atoms with E-state index in [9.17, 15) is 5.11 Å². The number of para-hydroxylation sites is 1. The maximum atomic E-state index is 10.6. The second-order valence-corrected chi connectivity index (χ2v) is 6.77. The molecule has 0 heterocycles. The molecule has 0 aliphatic heterocycles. The predicted molar refractivity (Wildman–Crippen MR) is 110 cm³/mol. The lowest BCUT2D eigenvalue weighted by Gasteiger charge is -2.37. The molecule has 0 aromatic heterocycles. The molecule has 3 aromatic rings. The van der Waals surface area contributed by atoms with E-state index >= 15 is 0 Å². The summed E-state index contributed by atoms with van der Waals surface area (Å²) < 4.78 is 6.64. The van der Waals surface area contributed by atoms with Crippen LogP contribution in [0.2, 0.25) is 0 Å². The molecule has 1 N–H and O–H groups in total. The fraction of sp³-hybridized carbons (Fsp3) is 0.304. The van der Waals surface area contributed by atoms with Crippen LogP contribution in [-0.4, -0.2) is 37.5 Å². The molecule has 0 aliphatic rings. The van der Waals surface area contributed by atoms with Gasteiger partial charge >= 0.3 is 0 Å². The van der Waals surface area contributed by atoms with Crippen LogP contribution in [0.4, 0.5) is 5.69 Å². The standard InChI is InChI=1S/C23H28NO2/c1-3-24(4-2,21-12-6-5-7-13-21)17-22(25)18-26-23-15-14-19-10-8-9-11-20(19)16-23/h5-16,22,25H,3-4,17-18H2,1-2H3/q+1. The smallest absolute Gasteiger partial charge is 0.137 e. The van der Waals surface area contributed by atoms with Crippen LogP contribution >= 0.6 is 0 Å². The van der Waals surface area contributed by atoms with E-state index in [1.54, 1.807) is 0 Å². The second-order valence-electron chi connectivity index (χ2n) is 6.77. The summed E-state index contributed by atoms with van der Waals surface area (Å²) in [6.07, 6.45) is -0.526. The number of rotatable bonds is 8. The molecule has 26 heavy (non-hydrogen) atoms. The Kier molecular flexibility index (Phi) is 5.92. The molecule has 3 aromatic carbocycles. The number of fused-ring (bicyclic) bond motifs is 1. The van der Waals surface area contributed by atoms with E-state index in [1.807, 2.05) is 30.3 Å². The monoisotopic (exact) mass is 350 g/mol. The van der Waals surface area contributed by atoms with Gasteiger partial charge < -0.3 is 9.84 Å². The van der Waals surface area contributed by atoms with Gasteiger partial charge in [0, 0.05) is 0 Å². The summed E-state index contributed by atoms with van der Waals surface area (Å²) in [5.41, 5.74) is 1.24. The molecular formula is C23H28NO2+. The van der Waals surface area contributed by atoms with Gasteiger partial charge in [0.2, 0.25) is 0 Å². The van der Waals surface area contributed by atoms with E-state index in [0.29, 0.717) is 13.2 Å². The summed E-state index contributed by atoms with van der Waals surface area (Å²) in [6.45, 7) is 7.16.